The number of hydrogen-bond acceptors (Lipinski definition) is 6. The quantitative estimate of drug-likeness (QED) is 0.733. The van der Waals surface area contributed by atoms with Crippen molar-refractivity contribution in [3.05, 3.63) is 47.2 Å². The van der Waals surface area contributed by atoms with Gasteiger partial charge in [-0.1, -0.05) is 30.3 Å². The molecule has 1 saturated heterocycles. The van der Waals surface area contributed by atoms with Crippen molar-refractivity contribution in [2.45, 2.75) is 31.9 Å². The summed E-state index contributed by atoms with van der Waals surface area (Å²) >= 11 is 0. The highest BCUT2D eigenvalue weighted by atomic mass is 16.6. The van der Waals surface area contributed by atoms with E-state index in [1.165, 1.54) is 0 Å². The van der Waals surface area contributed by atoms with Gasteiger partial charge in [0.1, 0.15) is 6.61 Å². The van der Waals surface area contributed by atoms with E-state index in [9.17, 15) is 14.4 Å². The molecule has 0 radical (unpaired) electrons. The first-order chi connectivity index (χ1) is 13.1. The van der Waals surface area contributed by atoms with Crippen LogP contribution in [-0.4, -0.2) is 43.9 Å². The molecule has 1 fully saturated rings. The summed E-state index contributed by atoms with van der Waals surface area (Å²) < 4.78 is 15.7. The molecule has 8 heteroatoms. The summed E-state index contributed by atoms with van der Waals surface area (Å²) in [5.74, 6) is -1.09. The molecule has 2 aliphatic rings. The van der Waals surface area contributed by atoms with E-state index in [1.54, 1.807) is 19.1 Å². The molecule has 1 aromatic rings. The van der Waals surface area contributed by atoms with E-state index in [-0.39, 0.29) is 24.5 Å². The molecule has 0 unspecified atom stereocenters. The molecular formula is C19H22N2O6. The fourth-order valence-electron chi connectivity index (χ4n) is 3.08. The maximum absolute atomic E-state index is 12.6. The van der Waals surface area contributed by atoms with Gasteiger partial charge in [0.25, 0.3) is 0 Å². The summed E-state index contributed by atoms with van der Waals surface area (Å²) in [7, 11) is 0. The van der Waals surface area contributed by atoms with Crippen LogP contribution in [0.3, 0.4) is 0 Å². The van der Waals surface area contributed by atoms with E-state index in [2.05, 4.69) is 10.6 Å². The van der Waals surface area contributed by atoms with Gasteiger partial charge in [0.15, 0.2) is 6.10 Å². The van der Waals surface area contributed by atoms with Crippen molar-refractivity contribution in [2.75, 3.05) is 19.8 Å². The molecule has 3 rings (SSSR count). The molecule has 0 spiro atoms. The van der Waals surface area contributed by atoms with Crippen molar-refractivity contribution in [2.24, 2.45) is 0 Å². The highest BCUT2D eigenvalue weighted by Crippen LogP contribution is 2.28. The Morgan fingerprint density at radius 1 is 1.22 bits per heavy atom. The fourth-order valence-corrected chi connectivity index (χ4v) is 3.08. The van der Waals surface area contributed by atoms with Crippen LogP contribution in [-0.2, 0) is 23.8 Å². The van der Waals surface area contributed by atoms with Gasteiger partial charge in [-0.2, -0.15) is 0 Å². The lowest BCUT2D eigenvalue weighted by atomic mass is 9.95. The SMILES string of the molecule is CCOC(=O)C1=C(COC(=O)[C@H]2CCCO2)NC(=O)N[C@H]1c1ccccc1. The summed E-state index contributed by atoms with van der Waals surface area (Å²) in [6.07, 6.45) is 0.801. The Morgan fingerprint density at radius 2 is 2.00 bits per heavy atom. The van der Waals surface area contributed by atoms with E-state index in [0.717, 1.165) is 12.0 Å². The van der Waals surface area contributed by atoms with Gasteiger partial charge in [0.2, 0.25) is 0 Å². The Balaban J connectivity index is 1.87. The molecule has 2 amide bonds. The molecule has 2 N–H and O–H groups in total. The van der Waals surface area contributed by atoms with Crippen molar-refractivity contribution in [1.82, 2.24) is 10.6 Å². The molecule has 2 aliphatic heterocycles. The third-order valence-electron chi connectivity index (χ3n) is 4.33. The third-order valence-corrected chi connectivity index (χ3v) is 4.33. The van der Waals surface area contributed by atoms with E-state index in [1.807, 2.05) is 18.2 Å². The van der Waals surface area contributed by atoms with Gasteiger partial charge in [0.05, 0.1) is 23.9 Å². The summed E-state index contributed by atoms with van der Waals surface area (Å²) in [6.45, 7) is 2.15. The summed E-state index contributed by atoms with van der Waals surface area (Å²) in [5.41, 5.74) is 1.14. The second-order valence-electron chi connectivity index (χ2n) is 6.16. The summed E-state index contributed by atoms with van der Waals surface area (Å²) in [6, 6.07) is 7.87. The monoisotopic (exact) mass is 374 g/mol. The number of amides is 2. The van der Waals surface area contributed by atoms with Crippen molar-refractivity contribution in [3.8, 4) is 0 Å². The average Bonchev–Trinajstić information content (AvgIpc) is 3.21. The molecule has 0 aromatic heterocycles. The van der Waals surface area contributed by atoms with Crippen LogP contribution >= 0.6 is 0 Å². The first-order valence-electron chi connectivity index (χ1n) is 8.91. The van der Waals surface area contributed by atoms with Crippen LogP contribution in [0.5, 0.6) is 0 Å². The second kappa shape index (κ2) is 8.68. The average molecular weight is 374 g/mol. The Morgan fingerprint density at radius 3 is 2.67 bits per heavy atom. The zero-order chi connectivity index (χ0) is 19.2. The van der Waals surface area contributed by atoms with Crippen LogP contribution in [0.2, 0.25) is 0 Å². The molecule has 0 bridgehead atoms. The van der Waals surface area contributed by atoms with Crippen molar-refractivity contribution in [3.63, 3.8) is 0 Å². The molecule has 0 saturated carbocycles. The maximum Gasteiger partial charge on any atom is 0.338 e. The lowest BCUT2D eigenvalue weighted by molar-refractivity contribution is -0.153. The van der Waals surface area contributed by atoms with Crippen LogP contribution in [0.25, 0.3) is 0 Å². The van der Waals surface area contributed by atoms with Crippen molar-refractivity contribution >= 4 is 18.0 Å². The van der Waals surface area contributed by atoms with E-state index in [4.69, 9.17) is 14.2 Å². The summed E-state index contributed by atoms with van der Waals surface area (Å²) in [4.78, 5) is 36.8. The molecule has 1 aromatic carbocycles. The number of esters is 2. The number of urea groups is 1. The lowest BCUT2D eigenvalue weighted by Crippen LogP contribution is -2.47. The first kappa shape index (κ1) is 18.9. The van der Waals surface area contributed by atoms with Crippen LogP contribution in [0.4, 0.5) is 4.79 Å². The number of nitrogens with one attached hydrogen (secondary N) is 2. The minimum atomic E-state index is -0.699. The van der Waals surface area contributed by atoms with E-state index < -0.39 is 30.1 Å². The minimum absolute atomic E-state index is 0.181. The number of rotatable bonds is 6. The Bertz CT molecular complexity index is 740. The number of benzene rings is 1. The molecular weight excluding hydrogens is 352 g/mol. The molecule has 2 atom stereocenters. The van der Waals surface area contributed by atoms with Crippen molar-refractivity contribution < 1.29 is 28.6 Å². The number of ether oxygens (including phenoxy) is 3. The van der Waals surface area contributed by atoms with Crippen LogP contribution in [0.1, 0.15) is 31.4 Å². The lowest BCUT2D eigenvalue weighted by Gasteiger charge is -2.29. The smallest absolute Gasteiger partial charge is 0.338 e. The maximum atomic E-state index is 12.6. The van der Waals surface area contributed by atoms with Gasteiger partial charge in [0, 0.05) is 6.61 Å². The van der Waals surface area contributed by atoms with Gasteiger partial charge in [-0.25, -0.2) is 14.4 Å². The molecule has 8 nitrogen and oxygen atoms in total. The first-order valence-corrected chi connectivity index (χ1v) is 8.91. The molecule has 2 heterocycles. The largest absolute Gasteiger partial charge is 0.463 e. The van der Waals surface area contributed by atoms with Crippen molar-refractivity contribution in [1.29, 1.82) is 0 Å². The Labute approximate surface area is 156 Å². The predicted octanol–water partition coefficient (Wildman–Crippen LogP) is 1.58. The standard InChI is InChI=1S/C19H22N2O6/c1-2-25-18(23)15-13(11-27-17(22)14-9-6-10-26-14)20-19(24)21-16(15)12-7-4-3-5-8-12/h3-5,7-8,14,16H,2,6,9-11H2,1H3,(H2,20,21,24)/t14-,16+/m1/s1. The number of carbonyl (C=O) groups is 3. The number of hydrogen-bond donors (Lipinski definition) is 2. The van der Waals surface area contributed by atoms with E-state index in [0.29, 0.717) is 13.0 Å². The highest BCUT2D eigenvalue weighted by molar-refractivity contribution is 5.95. The predicted molar refractivity (Wildman–Crippen MR) is 94.4 cm³/mol. The van der Waals surface area contributed by atoms with Gasteiger partial charge < -0.3 is 24.8 Å². The second-order valence-corrected chi connectivity index (χ2v) is 6.16. The highest BCUT2D eigenvalue weighted by Gasteiger charge is 2.34. The van der Waals surface area contributed by atoms with Gasteiger partial charge >= 0.3 is 18.0 Å². The van der Waals surface area contributed by atoms with Gasteiger partial charge in [-0.3, -0.25) is 0 Å². The van der Waals surface area contributed by atoms with Crippen LogP contribution < -0.4 is 10.6 Å². The van der Waals surface area contributed by atoms with Crippen LogP contribution in [0, 0.1) is 0 Å². The minimum Gasteiger partial charge on any atom is -0.463 e. The number of carbonyl (C=O) groups excluding carboxylic acids is 3. The fraction of sp³-hybridized carbons (Fsp3) is 0.421. The van der Waals surface area contributed by atoms with Gasteiger partial charge in [-0.05, 0) is 25.3 Å². The summed E-state index contributed by atoms with van der Waals surface area (Å²) in [5, 5.41) is 5.28. The van der Waals surface area contributed by atoms with Gasteiger partial charge in [-0.15, -0.1) is 0 Å². The zero-order valence-electron chi connectivity index (χ0n) is 15.0. The Hall–Kier alpha value is -2.87. The normalized spacial score (nSPS) is 22.0. The molecule has 144 valence electrons. The van der Waals surface area contributed by atoms with E-state index >= 15 is 0 Å². The molecule has 27 heavy (non-hydrogen) atoms. The zero-order valence-corrected chi connectivity index (χ0v) is 15.0. The topological polar surface area (TPSA) is 103 Å². The van der Waals surface area contributed by atoms with Crippen LogP contribution in [0.15, 0.2) is 41.6 Å². The Kier molecular flexibility index (Phi) is 6.08. The molecule has 0 aliphatic carbocycles. The third kappa shape index (κ3) is 4.46.